The van der Waals surface area contributed by atoms with Crippen molar-refractivity contribution in [3.63, 3.8) is 0 Å². The number of non-ortho nitro benzene ring substituents is 1. The number of ether oxygens (including phenoxy) is 2. The second-order valence-electron chi connectivity index (χ2n) is 9.73. The van der Waals surface area contributed by atoms with Gasteiger partial charge in [0.25, 0.3) is 0 Å². The molecule has 224 valence electrons. The average molecular weight is 581 g/mol. The Kier molecular flexibility index (Phi) is 10.4. The minimum atomic E-state index is -0.500. The summed E-state index contributed by atoms with van der Waals surface area (Å²) in [6.07, 6.45) is 3.84. The highest BCUT2D eigenvalue weighted by atomic mass is 16.6. The number of hydrogen-bond acceptors (Lipinski definition) is 14. The van der Waals surface area contributed by atoms with Crippen LogP contribution in [0.1, 0.15) is 45.1 Å². The number of para-hydroxylation sites is 1. The first-order chi connectivity index (χ1) is 20.4. The highest BCUT2D eigenvalue weighted by molar-refractivity contribution is 5.93. The van der Waals surface area contributed by atoms with Crippen LogP contribution in [0.2, 0.25) is 0 Å². The number of hydrogen-bond donors (Lipinski definition) is 4. The molecule has 0 saturated heterocycles. The van der Waals surface area contributed by atoms with E-state index in [0.29, 0.717) is 60.2 Å². The minimum Gasteiger partial charge on any atom is -0.493 e. The molecule has 0 aliphatic heterocycles. The lowest BCUT2D eigenvalue weighted by atomic mass is 10.2. The third-order valence-corrected chi connectivity index (χ3v) is 6.27. The maximum Gasteiger partial charge on any atom is 0.300 e. The van der Waals surface area contributed by atoms with Crippen LogP contribution in [0.25, 0.3) is 11.0 Å². The quantitative estimate of drug-likeness (QED) is 0.0753. The number of benzene rings is 2. The van der Waals surface area contributed by atoms with Gasteiger partial charge in [-0.15, -0.1) is 0 Å². The van der Waals surface area contributed by atoms with Crippen LogP contribution < -0.4 is 30.7 Å². The van der Waals surface area contributed by atoms with Gasteiger partial charge in [-0.1, -0.05) is 25.0 Å². The summed E-state index contributed by atoms with van der Waals surface area (Å²) in [6.45, 7) is 5.88. The van der Waals surface area contributed by atoms with Crippen molar-refractivity contribution in [2.75, 3.05) is 48.6 Å². The molecule has 15 heteroatoms. The van der Waals surface area contributed by atoms with E-state index in [0.717, 1.165) is 31.2 Å². The molecule has 0 atom stereocenters. The SMILES string of the molecule is COc1cccc(CNc2nc(NCCCCCCNc3ccc([N+](=O)[O-])c4nonc34)nc(NC(C)C)n2)c1OC. The van der Waals surface area contributed by atoms with Gasteiger partial charge in [-0.2, -0.15) is 15.0 Å². The first-order valence-corrected chi connectivity index (χ1v) is 13.7. The molecular formula is C27H36N10O5. The molecule has 0 aliphatic carbocycles. The molecule has 4 N–H and O–H groups in total. The predicted molar refractivity (Wildman–Crippen MR) is 159 cm³/mol. The Labute approximate surface area is 242 Å². The van der Waals surface area contributed by atoms with Crippen molar-refractivity contribution in [1.29, 1.82) is 0 Å². The van der Waals surface area contributed by atoms with Crippen LogP contribution in [0, 0.1) is 10.1 Å². The van der Waals surface area contributed by atoms with E-state index >= 15 is 0 Å². The smallest absolute Gasteiger partial charge is 0.300 e. The molecule has 0 spiro atoms. The first kappa shape index (κ1) is 30.0. The highest BCUT2D eigenvalue weighted by Gasteiger charge is 2.19. The van der Waals surface area contributed by atoms with E-state index in [4.69, 9.17) is 14.1 Å². The van der Waals surface area contributed by atoms with Crippen LogP contribution in [0.5, 0.6) is 11.5 Å². The lowest BCUT2D eigenvalue weighted by molar-refractivity contribution is -0.383. The number of rotatable bonds is 17. The molecule has 0 saturated carbocycles. The van der Waals surface area contributed by atoms with E-state index in [-0.39, 0.29) is 17.2 Å². The monoisotopic (exact) mass is 580 g/mol. The Morgan fingerprint density at radius 1 is 0.857 bits per heavy atom. The fourth-order valence-electron chi connectivity index (χ4n) is 4.29. The number of unbranched alkanes of at least 4 members (excludes halogenated alkanes) is 3. The van der Waals surface area contributed by atoms with Crippen LogP contribution in [0.4, 0.5) is 29.2 Å². The lowest BCUT2D eigenvalue weighted by Crippen LogP contribution is -2.17. The van der Waals surface area contributed by atoms with E-state index in [9.17, 15) is 10.1 Å². The van der Waals surface area contributed by atoms with E-state index < -0.39 is 4.92 Å². The molecule has 0 amide bonds. The number of nitro benzene ring substituents is 1. The van der Waals surface area contributed by atoms with Crippen LogP contribution in [0.15, 0.2) is 35.0 Å². The van der Waals surface area contributed by atoms with E-state index in [2.05, 4.69) is 46.5 Å². The molecule has 0 fully saturated rings. The summed E-state index contributed by atoms with van der Waals surface area (Å²) in [4.78, 5) is 24.2. The first-order valence-electron chi connectivity index (χ1n) is 13.7. The molecular weight excluding hydrogens is 544 g/mol. The zero-order valence-electron chi connectivity index (χ0n) is 24.1. The van der Waals surface area contributed by atoms with Crippen molar-refractivity contribution in [3.05, 3.63) is 46.0 Å². The summed E-state index contributed by atoms with van der Waals surface area (Å²) in [6, 6.07) is 8.89. The molecule has 0 bridgehead atoms. The Bertz CT molecular complexity index is 1480. The summed E-state index contributed by atoms with van der Waals surface area (Å²) in [5.74, 6) is 2.72. The zero-order valence-corrected chi connectivity index (χ0v) is 24.1. The zero-order chi connectivity index (χ0) is 29.9. The van der Waals surface area contributed by atoms with E-state index in [1.807, 2.05) is 32.0 Å². The molecule has 15 nitrogen and oxygen atoms in total. The van der Waals surface area contributed by atoms with Gasteiger partial charge in [0.15, 0.2) is 17.0 Å². The molecule has 0 aliphatic rings. The summed E-state index contributed by atoms with van der Waals surface area (Å²) >= 11 is 0. The van der Waals surface area contributed by atoms with Crippen molar-refractivity contribution >= 4 is 40.3 Å². The number of nitrogens with zero attached hydrogens (tertiary/aromatic N) is 6. The summed E-state index contributed by atoms with van der Waals surface area (Å²) < 4.78 is 15.6. The van der Waals surface area contributed by atoms with Gasteiger partial charge in [0, 0.05) is 37.3 Å². The topological polar surface area (TPSA) is 187 Å². The maximum atomic E-state index is 11.1. The van der Waals surface area contributed by atoms with Crippen LogP contribution >= 0.6 is 0 Å². The Hall–Kier alpha value is -4.95. The molecule has 4 rings (SSSR count). The number of nitro groups is 1. The molecule has 2 aromatic carbocycles. The Balaban J connectivity index is 1.24. The fraction of sp³-hybridized carbons (Fsp3) is 0.444. The van der Waals surface area contributed by atoms with Gasteiger partial charge in [0.2, 0.25) is 23.4 Å². The van der Waals surface area contributed by atoms with Crippen LogP contribution in [-0.4, -0.2) is 63.5 Å². The van der Waals surface area contributed by atoms with E-state index in [1.54, 1.807) is 20.3 Å². The Morgan fingerprint density at radius 2 is 1.55 bits per heavy atom. The maximum absolute atomic E-state index is 11.1. The van der Waals surface area contributed by atoms with E-state index in [1.165, 1.54) is 6.07 Å². The second kappa shape index (κ2) is 14.6. The minimum absolute atomic E-state index is 0.130. The van der Waals surface area contributed by atoms with Crippen LogP contribution in [0.3, 0.4) is 0 Å². The molecule has 4 aromatic rings. The largest absolute Gasteiger partial charge is 0.493 e. The number of nitrogens with one attached hydrogen (secondary N) is 4. The number of fused-ring (bicyclic) bond motifs is 1. The second-order valence-corrected chi connectivity index (χ2v) is 9.73. The number of anilines is 4. The molecule has 2 heterocycles. The molecule has 0 radical (unpaired) electrons. The van der Waals surface area contributed by atoms with Gasteiger partial charge in [-0.25, -0.2) is 4.63 Å². The average Bonchev–Trinajstić information content (AvgIpc) is 3.47. The third kappa shape index (κ3) is 7.83. The van der Waals surface area contributed by atoms with Gasteiger partial charge in [0.05, 0.1) is 24.8 Å². The van der Waals surface area contributed by atoms with Gasteiger partial charge in [-0.3, -0.25) is 10.1 Å². The fourth-order valence-corrected chi connectivity index (χ4v) is 4.29. The lowest BCUT2D eigenvalue weighted by Gasteiger charge is -2.15. The van der Waals surface area contributed by atoms with Gasteiger partial charge >= 0.3 is 5.69 Å². The summed E-state index contributed by atoms with van der Waals surface area (Å²) in [5, 5.41) is 31.7. The number of aromatic nitrogens is 5. The Morgan fingerprint density at radius 3 is 2.24 bits per heavy atom. The van der Waals surface area contributed by atoms with Gasteiger partial charge in [0.1, 0.15) is 0 Å². The normalized spacial score (nSPS) is 11.0. The van der Waals surface area contributed by atoms with Crippen molar-refractivity contribution in [2.45, 2.75) is 52.1 Å². The third-order valence-electron chi connectivity index (χ3n) is 6.27. The number of methoxy groups -OCH3 is 2. The molecule has 2 aromatic heterocycles. The van der Waals surface area contributed by atoms with Crippen molar-refractivity contribution in [2.24, 2.45) is 0 Å². The van der Waals surface area contributed by atoms with Crippen LogP contribution in [-0.2, 0) is 6.54 Å². The summed E-state index contributed by atoms with van der Waals surface area (Å²) in [7, 11) is 3.22. The standard InChI is InChI=1S/C27H36N10O5/c1-17(2)31-27-33-25(32-26(34-27)30-16-18-10-9-11-21(40-3)24(18)41-4)29-15-8-6-5-7-14-28-19-12-13-20(37(38)39)23-22(19)35-42-36-23/h9-13,17,28H,5-8,14-16H2,1-4H3,(H3,29,30,31,32,33,34). The highest BCUT2D eigenvalue weighted by Crippen LogP contribution is 2.31. The van der Waals surface area contributed by atoms with Crippen molar-refractivity contribution < 1.29 is 19.0 Å². The summed E-state index contributed by atoms with van der Waals surface area (Å²) in [5.41, 5.74) is 1.94. The molecule has 42 heavy (non-hydrogen) atoms. The van der Waals surface area contributed by atoms with Crippen molar-refractivity contribution in [3.8, 4) is 11.5 Å². The van der Waals surface area contributed by atoms with Gasteiger partial charge < -0.3 is 30.7 Å². The molecule has 0 unspecified atom stereocenters. The predicted octanol–water partition coefficient (Wildman–Crippen LogP) is 4.85. The van der Waals surface area contributed by atoms with Gasteiger partial charge in [-0.05, 0) is 49.1 Å². The van der Waals surface area contributed by atoms with Crippen molar-refractivity contribution in [1.82, 2.24) is 25.3 Å².